The fourth-order valence-electron chi connectivity index (χ4n) is 8.10. The van der Waals surface area contributed by atoms with Gasteiger partial charge in [-0.2, -0.15) is 0 Å². The second-order valence-corrected chi connectivity index (χ2v) is 20.5. The van der Waals surface area contributed by atoms with E-state index in [1.165, 1.54) is 43.7 Å². The lowest BCUT2D eigenvalue weighted by molar-refractivity contribution is 0.669. The van der Waals surface area contributed by atoms with Crippen molar-refractivity contribution in [2.45, 2.75) is 19.6 Å². The Kier molecular flexibility index (Phi) is 7.82. The van der Waals surface area contributed by atoms with Crippen LogP contribution in [0.25, 0.3) is 71.7 Å². The largest absolute Gasteiger partial charge is 0.456 e. The Morgan fingerprint density at radius 1 is 0.400 bits per heavy atom. The highest BCUT2D eigenvalue weighted by Gasteiger charge is 2.19. The van der Waals surface area contributed by atoms with Gasteiger partial charge in [0.2, 0.25) is 0 Å². The molecule has 4 heteroatoms. The van der Waals surface area contributed by atoms with Gasteiger partial charge in [0.15, 0.2) is 0 Å². The van der Waals surface area contributed by atoms with E-state index in [4.69, 9.17) is 4.42 Å². The molecule has 0 fully saturated rings. The molecule has 8 aromatic carbocycles. The molecule has 0 saturated heterocycles. The molecule has 10 aromatic rings. The minimum atomic E-state index is -1.37. The number of aromatic nitrogens is 1. The number of benzene rings is 8. The Hall–Kier alpha value is -6.62. The van der Waals surface area contributed by atoms with Crippen LogP contribution >= 0.6 is 0 Å². The predicted molar refractivity (Wildman–Crippen MR) is 237 cm³/mol. The molecule has 55 heavy (non-hydrogen) atoms. The minimum Gasteiger partial charge on any atom is -0.456 e. The fourth-order valence-corrected chi connectivity index (χ4v) is 9.27. The summed E-state index contributed by atoms with van der Waals surface area (Å²) in [6.07, 6.45) is 0. The first-order valence-electron chi connectivity index (χ1n) is 19.0. The van der Waals surface area contributed by atoms with Crippen LogP contribution in [0.3, 0.4) is 0 Å². The molecule has 0 aliphatic heterocycles. The summed E-state index contributed by atoms with van der Waals surface area (Å²) in [6.45, 7) is 7.18. The van der Waals surface area contributed by atoms with Gasteiger partial charge in [-0.15, -0.1) is 0 Å². The van der Waals surface area contributed by atoms with E-state index < -0.39 is 8.07 Å². The number of rotatable bonds is 7. The molecule has 2 aromatic heterocycles. The Morgan fingerprint density at radius 2 is 1.00 bits per heavy atom. The smallest absolute Gasteiger partial charge is 0.137 e. The van der Waals surface area contributed by atoms with Crippen molar-refractivity contribution in [2.75, 3.05) is 4.90 Å². The molecule has 0 aliphatic carbocycles. The van der Waals surface area contributed by atoms with E-state index in [1.807, 2.05) is 12.1 Å². The third kappa shape index (κ3) is 5.83. The molecule has 0 saturated carbocycles. The van der Waals surface area contributed by atoms with E-state index in [-0.39, 0.29) is 0 Å². The quantitative estimate of drug-likeness (QED) is 0.153. The van der Waals surface area contributed by atoms with Gasteiger partial charge in [0.25, 0.3) is 0 Å². The van der Waals surface area contributed by atoms with Crippen LogP contribution in [-0.2, 0) is 0 Å². The van der Waals surface area contributed by atoms with Gasteiger partial charge in [0, 0.05) is 50.4 Å². The van der Waals surface area contributed by atoms with Crippen molar-refractivity contribution < 1.29 is 4.42 Å². The molecule has 0 unspecified atom stereocenters. The highest BCUT2D eigenvalue weighted by molar-refractivity contribution is 6.88. The number of hydrogen-bond acceptors (Lipinski definition) is 2. The molecule has 3 nitrogen and oxygen atoms in total. The first-order chi connectivity index (χ1) is 26.9. The van der Waals surface area contributed by atoms with E-state index in [9.17, 15) is 0 Å². The van der Waals surface area contributed by atoms with Gasteiger partial charge < -0.3 is 13.9 Å². The lowest BCUT2D eigenvalue weighted by Gasteiger charge is -2.26. The van der Waals surface area contributed by atoms with Crippen LogP contribution in [-0.4, -0.2) is 12.6 Å². The van der Waals surface area contributed by atoms with Crippen LogP contribution in [0.5, 0.6) is 0 Å². The third-order valence-corrected chi connectivity index (χ3v) is 13.0. The first kappa shape index (κ1) is 33.0. The summed E-state index contributed by atoms with van der Waals surface area (Å²) in [5.41, 5.74) is 13.3. The first-order valence-corrected chi connectivity index (χ1v) is 22.5. The van der Waals surface area contributed by atoms with Crippen molar-refractivity contribution in [3.8, 4) is 27.9 Å². The van der Waals surface area contributed by atoms with Crippen molar-refractivity contribution in [3.63, 3.8) is 0 Å². The molecule has 0 radical (unpaired) electrons. The second-order valence-electron chi connectivity index (χ2n) is 15.5. The third-order valence-electron chi connectivity index (χ3n) is 11.0. The van der Waals surface area contributed by atoms with Gasteiger partial charge in [0.1, 0.15) is 11.2 Å². The van der Waals surface area contributed by atoms with Crippen LogP contribution in [0, 0.1) is 0 Å². The fraction of sp³-hybridized carbons (Fsp3) is 0.0588. The normalized spacial score (nSPS) is 11.9. The highest BCUT2D eigenvalue weighted by atomic mass is 28.3. The Balaban J connectivity index is 1.09. The molecule has 0 atom stereocenters. The van der Waals surface area contributed by atoms with Gasteiger partial charge in [0.05, 0.1) is 19.1 Å². The topological polar surface area (TPSA) is 21.3 Å². The summed E-state index contributed by atoms with van der Waals surface area (Å²) in [5.74, 6) is 0. The maximum atomic E-state index is 6.40. The van der Waals surface area contributed by atoms with Crippen molar-refractivity contribution in [2.24, 2.45) is 0 Å². The molecular formula is C51H40N2OSi. The maximum absolute atomic E-state index is 6.40. The number of para-hydroxylation sites is 3. The zero-order valence-corrected chi connectivity index (χ0v) is 32.2. The summed E-state index contributed by atoms with van der Waals surface area (Å²) in [7, 11) is -1.37. The summed E-state index contributed by atoms with van der Waals surface area (Å²) in [6, 6.07) is 68.1. The average Bonchev–Trinajstić information content (AvgIpc) is 3.76. The summed E-state index contributed by atoms with van der Waals surface area (Å²) >= 11 is 0. The molecule has 0 amide bonds. The average molecular weight is 725 g/mol. The minimum absolute atomic E-state index is 0.874. The SMILES string of the molecule is C[Si](C)(C)c1ccc(-c2ccc(N(c3cccc(-c4ccc5c(c4)c4ccccc4n5-c4ccccc4)c3)c3ccc4c(c3)oc3ccccc34)cc2)cc1. The summed E-state index contributed by atoms with van der Waals surface area (Å²) in [4.78, 5) is 2.34. The van der Waals surface area contributed by atoms with E-state index in [0.29, 0.717) is 0 Å². The lowest BCUT2D eigenvalue weighted by atomic mass is 10.0. The van der Waals surface area contributed by atoms with Crippen molar-refractivity contribution in [3.05, 3.63) is 188 Å². The number of nitrogens with zero attached hydrogens (tertiary/aromatic N) is 2. The van der Waals surface area contributed by atoms with Crippen LogP contribution < -0.4 is 10.1 Å². The molecule has 0 bridgehead atoms. The monoisotopic (exact) mass is 724 g/mol. The molecule has 0 aliphatic rings. The van der Waals surface area contributed by atoms with Gasteiger partial charge in [-0.05, 0) is 95.1 Å². The van der Waals surface area contributed by atoms with Gasteiger partial charge in [-0.25, -0.2) is 0 Å². The van der Waals surface area contributed by atoms with E-state index in [0.717, 1.165) is 50.3 Å². The van der Waals surface area contributed by atoms with Crippen molar-refractivity contribution >= 4 is 74.1 Å². The molecule has 2 heterocycles. The standard InChI is InChI=1S/C51H40N2OSi/c1-55(2,3)43-28-22-36(23-29-43)35-20-25-40(26-21-35)52(42-27-30-46-45-17-8-10-19-50(45)54-51(46)34-42)41-15-11-12-37(32-41)38-24-31-49-47(33-38)44-16-7-9-18-48(44)53(49)39-13-5-4-6-14-39/h4-34H,1-3H3. The Labute approximate surface area is 322 Å². The lowest BCUT2D eigenvalue weighted by Crippen LogP contribution is -2.37. The molecule has 0 spiro atoms. The zero-order valence-electron chi connectivity index (χ0n) is 31.2. The Bertz CT molecular complexity index is 3000. The molecule has 264 valence electrons. The van der Waals surface area contributed by atoms with Crippen LogP contribution in [0.4, 0.5) is 17.1 Å². The van der Waals surface area contributed by atoms with Crippen LogP contribution in [0.1, 0.15) is 0 Å². The molecule has 10 rings (SSSR count). The van der Waals surface area contributed by atoms with E-state index in [2.05, 4.69) is 205 Å². The van der Waals surface area contributed by atoms with E-state index >= 15 is 0 Å². The second kappa shape index (κ2) is 13.0. The number of anilines is 3. The van der Waals surface area contributed by atoms with Crippen LogP contribution in [0.2, 0.25) is 19.6 Å². The predicted octanol–water partition coefficient (Wildman–Crippen LogP) is 14.0. The van der Waals surface area contributed by atoms with Gasteiger partial charge in [-0.1, -0.05) is 134 Å². The number of fused-ring (bicyclic) bond motifs is 6. The Morgan fingerprint density at radius 3 is 1.78 bits per heavy atom. The summed E-state index contributed by atoms with van der Waals surface area (Å²) < 4.78 is 8.77. The molecule has 0 N–H and O–H groups in total. The van der Waals surface area contributed by atoms with Gasteiger partial charge in [-0.3, -0.25) is 0 Å². The molecular weight excluding hydrogens is 685 g/mol. The van der Waals surface area contributed by atoms with Crippen LogP contribution in [0.15, 0.2) is 192 Å². The van der Waals surface area contributed by atoms with Gasteiger partial charge >= 0.3 is 0 Å². The van der Waals surface area contributed by atoms with Crippen molar-refractivity contribution in [1.82, 2.24) is 4.57 Å². The zero-order chi connectivity index (χ0) is 37.1. The highest BCUT2D eigenvalue weighted by Crippen LogP contribution is 2.41. The van der Waals surface area contributed by atoms with Crippen molar-refractivity contribution in [1.29, 1.82) is 0 Å². The maximum Gasteiger partial charge on any atom is 0.137 e. The summed E-state index contributed by atoms with van der Waals surface area (Å²) in [5, 5.41) is 6.21. The van der Waals surface area contributed by atoms with E-state index in [1.54, 1.807) is 0 Å². The number of hydrogen-bond donors (Lipinski definition) is 0. The number of furan rings is 1.